The van der Waals surface area contributed by atoms with Gasteiger partial charge >= 0.3 is 0 Å². The van der Waals surface area contributed by atoms with Gasteiger partial charge in [-0.2, -0.15) is 5.10 Å². The second kappa shape index (κ2) is 7.58. The Kier molecular flexibility index (Phi) is 4.94. The Morgan fingerprint density at radius 3 is 2.87 bits per heavy atom. The van der Waals surface area contributed by atoms with Crippen molar-refractivity contribution in [3.63, 3.8) is 0 Å². The number of phenols is 1. The third-order valence-electron chi connectivity index (χ3n) is 5.13. The zero-order valence-electron chi connectivity index (χ0n) is 15.9. The molecule has 1 aliphatic heterocycles. The maximum absolute atomic E-state index is 14.4. The molecule has 7 nitrogen and oxygen atoms in total. The minimum atomic E-state index is -0.724. The highest BCUT2D eigenvalue weighted by atomic mass is 19.1. The van der Waals surface area contributed by atoms with E-state index >= 15 is 0 Å². The largest absolute Gasteiger partial charge is 0.508 e. The molecule has 0 saturated carbocycles. The summed E-state index contributed by atoms with van der Waals surface area (Å²) >= 11 is 0. The number of nitrogens with one attached hydrogen (secondary N) is 3. The first-order valence-electron chi connectivity index (χ1n) is 9.22. The average molecular weight is 412 g/mol. The maximum atomic E-state index is 14.4. The minimum Gasteiger partial charge on any atom is -0.508 e. The van der Waals surface area contributed by atoms with Gasteiger partial charge in [0.05, 0.1) is 23.8 Å². The third-order valence-corrected chi connectivity index (χ3v) is 5.13. The molecule has 154 valence electrons. The van der Waals surface area contributed by atoms with Gasteiger partial charge in [0.25, 0.3) is 0 Å². The number of benzene rings is 2. The molecule has 4 rings (SSSR count). The Morgan fingerprint density at radius 2 is 2.07 bits per heavy atom. The van der Waals surface area contributed by atoms with Crippen molar-refractivity contribution >= 4 is 28.4 Å². The number of halogens is 2. The summed E-state index contributed by atoms with van der Waals surface area (Å²) < 4.78 is 28.7. The standard InChI is InChI=1S/C21H18F2N4O3/c1-10-13(14(7-20(29)25-10)15-5-12(28)2-3-16(15)22)6-21(30)26-19-4-11-9-24-27-18(11)8-17(19)23/h2-5,8-9,14,28H,6-7H2,1H3,(H,24,27)(H,25,29)(H,26,30). The Hall–Kier alpha value is -3.75. The molecule has 9 heteroatoms. The molecule has 0 fully saturated rings. The van der Waals surface area contributed by atoms with E-state index in [2.05, 4.69) is 20.8 Å². The van der Waals surface area contributed by atoms with Crippen LogP contribution < -0.4 is 10.6 Å². The van der Waals surface area contributed by atoms with Gasteiger partial charge in [0.1, 0.15) is 17.4 Å². The number of H-pyrrole nitrogens is 1. The molecule has 2 heterocycles. The zero-order chi connectivity index (χ0) is 21.4. The number of aromatic amines is 1. The van der Waals surface area contributed by atoms with E-state index < -0.39 is 23.5 Å². The monoisotopic (exact) mass is 412 g/mol. The highest BCUT2D eigenvalue weighted by Gasteiger charge is 2.31. The number of amides is 2. The van der Waals surface area contributed by atoms with Crippen molar-refractivity contribution in [1.29, 1.82) is 0 Å². The number of allylic oxidation sites excluding steroid dienone is 1. The van der Waals surface area contributed by atoms with Crippen LogP contribution in [-0.2, 0) is 9.59 Å². The predicted octanol–water partition coefficient (Wildman–Crippen LogP) is 3.45. The van der Waals surface area contributed by atoms with Crippen molar-refractivity contribution in [2.24, 2.45) is 0 Å². The van der Waals surface area contributed by atoms with Crippen LogP contribution in [0.15, 0.2) is 47.8 Å². The minimum absolute atomic E-state index is 0.00733. The molecule has 2 aromatic carbocycles. The lowest BCUT2D eigenvalue weighted by Gasteiger charge is -2.28. The van der Waals surface area contributed by atoms with E-state index in [1.165, 1.54) is 30.5 Å². The molecular weight excluding hydrogens is 394 g/mol. The summed E-state index contributed by atoms with van der Waals surface area (Å²) in [7, 11) is 0. The predicted molar refractivity (Wildman–Crippen MR) is 106 cm³/mol. The van der Waals surface area contributed by atoms with Gasteiger partial charge in [0.15, 0.2) is 0 Å². The number of fused-ring (bicyclic) bond motifs is 1. The van der Waals surface area contributed by atoms with Crippen molar-refractivity contribution < 1.29 is 23.5 Å². The van der Waals surface area contributed by atoms with Gasteiger partial charge in [0.2, 0.25) is 11.8 Å². The molecule has 0 saturated heterocycles. The van der Waals surface area contributed by atoms with E-state index in [0.29, 0.717) is 22.2 Å². The zero-order valence-corrected chi connectivity index (χ0v) is 15.9. The number of carbonyl (C=O) groups is 2. The number of anilines is 1. The summed E-state index contributed by atoms with van der Waals surface area (Å²) in [6.07, 6.45) is 1.25. The fourth-order valence-electron chi connectivity index (χ4n) is 3.69. The lowest BCUT2D eigenvalue weighted by atomic mass is 9.82. The lowest BCUT2D eigenvalue weighted by Crippen LogP contribution is -2.32. The molecule has 2 amide bonds. The quantitative estimate of drug-likeness (QED) is 0.526. The topological polar surface area (TPSA) is 107 Å². The Morgan fingerprint density at radius 1 is 1.27 bits per heavy atom. The van der Waals surface area contributed by atoms with E-state index in [4.69, 9.17) is 0 Å². The summed E-state index contributed by atoms with van der Waals surface area (Å²) in [6.45, 7) is 1.62. The molecule has 0 bridgehead atoms. The van der Waals surface area contributed by atoms with Gasteiger partial charge in [-0.3, -0.25) is 14.7 Å². The first kappa shape index (κ1) is 19.6. The fraction of sp³-hybridized carbons (Fsp3) is 0.190. The SMILES string of the molecule is CC1=C(CC(=O)Nc2cc3cn[nH]c3cc2F)C(c2cc(O)ccc2F)CC(=O)N1. The molecule has 3 aromatic rings. The molecule has 4 N–H and O–H groups in total. The number of rotatable bonds is 4. The van der Waals surface area contributed by atoms with Crippen LogP contribution >= 0.6 is 0 Å². The molecule has 1 unspecified atom stereocenters. The van der Waals surface area contributed by atoms with E-state index in [-0.39, 0.29) is 35.7 Å². The van der Waals surface area contributed by atoms with E-state index in [9.17, 15) is 23.5 Å². The molecule has 1 aromatic heterocycles. The lowest BCUT2D eigenvalue weighted by molar-refractivity contribution is -0.121. The molecule has 0 radical (unpaired) electrons. The van der Waals surface area contributed by atoms with Crippen LogP contribution in [0.5, 0.6) is 5.75 Å². The van der Waals surface area contributed by atoms with Crippen molar-refractivity contribution in [3.05, 3.63) is 65.0 Å². The summed E-state index contributed by atoms with van der Waals surface area (Å²) in [5.41, 5.74) is 1.53. The maximum Gasteiger partial charge on any atom is 0.228 e. The molecule has 1 atom stereocenters. The van der Waals surface area contributed by atoms with Gasteiger partial charge in [-0.15, -0.1) is 0 Å². The van der Waals surface area contributed by atoms with Gasteiger partial charge in [-0.05, 0) is 42.3 Å². The summed E-state index contributed by atoms with van der Waals surface area (Å²) in [5, 5.41) is 22.0. The third kappa shape index (κ3) is 3.73. The van der Waals surface area contributed by atoms with Crippen LogP contribution in [0.3, 0.4) is 0 Å². The normalized spacial score (nSPS) is 16.6. The molecule has 0 spiro atoms. The summed E-state index contributed by atoms with van der Waals surface area (Å²) in [5.74, 6) is -2.92. The van der Waals surface area contributed by atoms with Crippen LogP contribution in [0.2, 0.25) is 0 Å². The van der Waals surface area contributed by atoms with Crippen LogP contribution in [0.25, 0.3) is 10.9 Å². The molecule has 1 aliphatic rings. The smallest absolute Gasteiger partial charge is 0.228 e. The number of phenolic OH excluding ortho intramolecular Hbond substituents is 1. The van der Waals surface area contributed by atoms with Crippen LogP contribution in [0.1, 0.15) is 31.2 Å². The molecule has 0 aliphatic carbocycles. The van der Waals surface area contributed by atoms with E-state index in [1.807, 2.05) is 0 Å². The highest BCUT2D eigenvalue weighted by Crippen LogP contribution is 2.37. The van der Waals surface area contributed by atoms with Crippen molar-refractivity contribution in [1.82, 2.24) is 15.5 Å². The van der Waals surface area contributed by atoms with Crippen LogP contribution in [0, 0.1) is 11.6 Å². The number of nitrogens with zero attached hydrogens (tertiary/aromatic N) is 1. The summed E-state index contributed by atoms with van der Waals surface area (Å²) in [4.78, 5) is 24.7. The van der Waals surface area contributed by atoms with Gasteiger partial charge in [0, 0.05) is 29.5 Å². The number of carbonyl (C=O) groups excluding carboxylic acids is 2. The fourth-order valence-corrected chi connectivity index (χ4v) is 3.69. The Balaban J connectivity index is 1.62. The van der Waals surface area contributed by atoms with Crippen molar-refractivity contribution in [2.45, 2.75) is 25.7 Å². The number of aromatic hydroxyl groups is 1. The second-order valence-corrected chi connectivity index (χ2v) is 7.18. The number of hydrogen-bond acceptors (Lipinski definition) is 4. The molecule has 30 heavy (non-hydrogen) atoms. The van der Waals surface area contributed by atoms with E-state index in [0.717, 1.165) is 6.07 Å². The number of aromatic nitrogens is 2. The van der Waals surface area contributed by atoms with Crippen molar-refractivity contribution in [3.8, 4) is 5.75 Å². The van der Waals surface area contributed by atoms with Crippen LogP contribution in [-0.4, -0.2) is 27.1 Å². The highest BCUT2D eigenvalue weighted by molar-refractivity contribution is 5.95. The second-order valence-electron chi connectivity index (χ2n) is 7.18. The Bertz CT molecular complexity index is 1200. The Labute approximate surface area is 169 Å². The van der Waals surface area contributed by atoms with Gasteiger partial charge in [-0.1, -0.05) is 0 Å². The first-order chi connectivity index (χ1) is 14.3. The van der Waals surface area contributed by atoms with Gasteiger partial charge in [-0.25, -0.2) is 8.78 Å². The molecular formula is C21H18F2N4O3. The van der Waals surface area contributed by atoms with Crippen LogP contribution in [0.4, 0.5) is 14.5 Å². The van der Waals surface area contributed by atoms with Crippen molar-refractivity contribution in [2.75, 3.05) is 5.32 Å². The van der Waals surface area contributed by atoms with Gasteiger partial charge < -0.3 is 15.7 Å². The van der Waals surface area contributed by atoms with E-state index in [1.54, 1.807) is 6.92 Å². The average Bonchev–Trinajstić information content (AvgIpc) is 3.13. The first-order valence-corrected chi connectivity index (χ1v) is 9.22. The summed E-state index contributed by atoms with van der Waals surface area (Å²) in [6, 6.07) is 6.26. The number of hydrogen-bond donors (Lipinski definition) is 4.